The number of carbonyl (C=O) groups excluding carboxylic acids is 1. The molecule has 0 saturated carbocycles. The molecule has 0 aliphatic rings. The van der Waals surface area contributed by atoms with Crippen molar-refractivity contribution >= 4 is 27.2 Å². The van der Waals surface area contributed by atoms with Gasteiger partial charge in [-0.15, -0.1) is 11.3 Å². The van der Waals surface area contributed by atoms with Crippen LogP contribution in [-0.2, 0) is 0 Å². The fraction of sp³-hybridized carbons (Fsp3) is 0.250. The lowest BCUT2D eigenvalue weighted by molar-refractivity contribution is -0.264. The van der Waals surface area contributed by atoms with E-state index < -0.39 is 29.6 Å². The zero-order valence-corrected chi connectivity index (χ0v) is 10.4. The van der Waals surface area contributed by atoms with Crippen molar-refractivity contribution in [3.8, 4) is 0 Å². The van der Waals surface area contributed by atoms with Crippen LogP contribution in [0.3, 0.4) is 0 Å². The average molecular weight is 312 g/mol. The van der Waals surface area contributed by atoms with Crippen molar-refractivity contribution in [2.24, 2.45) is 5.92 Å². The summed E-state index contributed by atoms with van der Waals surface area (Å²) < 4.78 is 75.6. The molecule has 0 fully saturated rings. The van der Waals surface area contributed by atoms with Gasteiger partial charge < -0.3 is 0 Å². The number of ketones is 1. The molecule has 0 N–H and O–H groups in total. The second kappa shape index (κ2) is 4.76. The van der Waals surface area contributed by atoms with Gasteiger partial charge in [-0.1, -0.05) is 18.2 Å². The number of Topliss-reactive ketones (excluding diaryl/α,β-unsaturated/α-hetero) is 1. The van der Waals surface area contributed by atoms with Crippen LogP contribution in [-0.4, -0.2) is 18.1 Å². The van der Waals surface area contributed by atoms with E-state index >= 15 is 0 Å². The molecule has 1 heterocycles. The highest BCUT2D eigenvalue weighted by Gasteiger charge is 2.61. The molecule has 0 aliphatic heterocycles. The van der Waals surface area contributed by atoms with Crippen LogP contribution in [0.5, 0.6) is 0 Å². The molecular formula is C12H6F6OS. The quantitative estimate of drug-likeness (QED) is 0.574. The Bertz CT molecular complexity index is 625. The topological polar surface area (TPSA) is 17.1 Å². The maximum atomic E-state index is 12.5. The van der Waals surface area contributed by atoms with Crippen LogP contribution >= 0.6 is 11.3 Å². The lowest BCUT2D eigenvalue weighted by atomic mass is 9.96. The smallest absolute Gasteiger partial charge is 0.293 e. The van der Waals surface area contributed by atoms with Crippen LogP contribution in [0.4, 0.5) is 26.3 Å². The number of hydrogen-bond acceptors (Lipinski definition) is 2. The number of fused-ring (bicyclic) bond motifs is 1. The van der Waals surface area contributed by atoms with E-state index in [2.05, 4.69) is 0 Å². The Hall–Kier alpha value is -1.57. The molecule has 0 amide bonds. The van der Waals surface area contributed by atoms with Crippen LogP contribution in [0.1, 0.15) is 10.4 Å². The molecule has 0 unspecified atom stereocenters. The molecule has 0 radical (unpaired) electrons. The second-order valence-electron chi connectivity index (χ2n) is 4.03. The normalized spacial score (nSPS) is 13.2. The highest BCUT2D eigenvalue weighted by atomic mass is 32.1. The summed E-state index contributed by atoms with van der Waals surface area (Å²) in [6.45, 7) is 0. The van der Waals surface area contributed by atoms with Crippen molar-refractivity contribution in [1.82, 2.24) is 0 Å². The minimum absolute atomic E-state index is 0.0981. The van der Waals surface area contributed by atoms with Gasteiger partial charge in [0.05, 0.1) is 0 Å². The van der Waals surface area contributed by atoms with E-state index in [1.165, 1.54) is 18.2 Å². The van der Waals surface area contributed by atoms with E-state index in [0.29, 0.717) is 4.70 Å². The minimum Gasteiger partial charge on any atom is -0.293 e. The maximum absolute atomic E-state index is 12.5. The number of benzene rings is 1. The Kier molecular flexibility index (Phi) is 3.53. The van der Waals surface area contributed by atoms with Gasteiger partial charge in [-0.3, -0.25) is 4.79 Å². The predicted octanol–water partition coefficient (Wildman–Crippen LogP) is 4.82. The summed E-state index contributed by atoms with van der Waals surface area (Å²) in [4.78, 5) is 11.7. The van der Waals surface area contributed by atoms with E-state index in [4.69, 9.17) is 0 Å². The highest BCUT2D eigenvalue weighted by Crippen LogP contribution is 2.42. The molecule has 0 atom stereocenters. The fourth-order valence-corrected chi connectivity index (χ4v) is 2.76. The molecule has 0 aliphatic carbocycles. The summed E-state index contributed by atoms with van der Waals surface area (Å²) in [5.41, 5.74) is -0.551. The maximum Gasteiger partial charge on any atom is 0.407 e. The van der Waals surface area contributed by atoms with E-state index in [-0.39, 0.29) is 5.39 Å². The lowest BCUT2D eigenvalue weighted by Gasteiger charge is -2.21. The van der Waals surface area contributed by atoms with Crippen molar-refractivity contribution in [1.29, 1.82) is 0 Å². The van der Waals surface area contributed by atoms with Crippen LogP contribution < -0.4 is 0 Å². The van der Waals surface area contributed by atoms with Gasteiger partial charge in [-0.2, -0.15) is 26.3 Å². The van der Waals surface area contributed by atoms with Gasteiger partial charge in [0.1, 0.15) is 0 Å². The van der Waals surface area contributed by atoms with Gasteiger partial charge in [0.25, 0.3) is 0 Å². The molecular weight excluding hydrogens is 306 g/mol. The monoisotopic (exact) mass is 312 g/mol. The van der Waals surface area contributed by atoms with Gasteiger partial charge in [0.2, 0.25) is 5.92 Å². The van der Waals surface area contributed by atoms with Gasteiger partial charge in [0, 0.05) is 21.0 Å². The summed E-state index contributed by atoms with van der Waals surface area (Å²) in [5.74, 6) is -5.96. The molecule has 8 heteroatoms. The SMILES string of the molecule is O=C(c1csc2ccccc12)C(C(F)(F)F)C(F)(F)F. The molecule has 20 heavy (non-hydrogen) atoms. The molecule has 2 aromatic rings. The highest BCUT2D eigenvalue weighted by molar-refractivity contribution is 7.17. The Balaban J connectivity index is 2.53. The van der Waals surface area contributed by atoms with E-state index in [9.17, 15) is 31.1 Å². The summed E-state index contributed by atoms with van der Waals surface area (Å²) in [6, 6.07) is 5.87. The fourth-order valence-electron chi connectivity index (χ4n) is 1.81. The number of carbonyl (C=O) groups is 1. The average Bonchev–Trinajstić information content (AvgIpc) is 2.68. The first kappa shape index (κ1) is 14.8. The van der Waals surface area contributed by atoms with E-state index in [0.717, 1.165) is 16.7 Å². The molecule has 1 aromatic carbocycles. The predicted molar refractivity (Wildman–Crippen MR) is 61.8 cm³/mol. The van der Waals surface area contributed by atoms with Gasteiger partial charge in [0.15, 0.2) is 5.78 Å². The van der Waals surface area contributed by atoms with Crippen molar-refractivity contribution in [2.45, 2.75) is 12.4 Å². The Morgan fingerprint density at radius 2 is 1.55 bits per heavy atom. The third kappa shape index (κ3) is 2.65. The number of hydrogen-bond donors (Lipinski definition) is 0. The molecule has 0 saturated heterocycles. The lowest BCUT2D eigenvalue weighted by Crippen LogP contribution is -2.42. The largest absolute Gasteiger partial charge is 0.407 e. The van der Waals surface area contributed by atoms with Crippen LogP contribution in [0, 0.1) is 5.92 Å². The zero-order chi connectivity index (χ0) is 15.1. The standard InChI is InChI=1S/C12H6F6OS/c13-11(14,15)10(12(16,17)18)9(19)7-5-20-8-4-2-1-3-6(7)8/h1-5,10H. The third-order valence-corrected chi connectivity index (χ3v) is 3.63. The minimum atomic E-state index is -5.67. The molecule has 108 valence electrons. The first-order chi connectivity index (χ1) is 9.12. The van der Waals surface area contributed by atoms with Crippen molar-refractivity contribution in [2.75, 3.05) is 0 Å². The van der Waals surface area contributed by atoms with E-state index in [1.54, 1.807) is 6.07 Å². The Labute approximate surface area is 112 Å². The molecule has 0 bridgehead atoms. The van der Waals surface area contributed by atoms with Crippen LogP contribution in [0.15, 0.2) is 29.6 Å². The van der Waals surface area contributed by atoms with Crippen molar-refractivity contribution in [3.05, 3.63) is 35.2 Å². The number of halogens is 6. The van der Waals surface area contributed by atoms with Gasteiger partial charge in [-0.25, -0.2) is 0 Å². The third-order valence-electron chi connectivity index (χ3n) is 2.66. The zero-order valence-electron chi connectivity index (χ0n) is 9.55. The molecule has 2 rings (SSSR count). The van der Waals surface area contributed by atoms with Crippen molar-refractivity contribution < 1.29 is 31.1 Å². The number of thiophene rings is 1. The number of rotatable bonds is 2. The Morgan fingerprint density at radius 3 is 2.10 bits per heavy atom. The van der Waals surface area contributed by atoms with Gasteiger partial charge in [-0.05, 0) is 6.07 Å². The summed E-state index contributed by atoms with van der Waals surface area (Å²) >= 11 is 0.925. The summed E-state index contributed by atoms with van der Waals surface area (Å²) in [5, 5.41) is 1.12. The Morgan fingerprint density at radius 1 is 1.00 bits per heavy atom. The summed E-state index contributed by atoms with van der Waals surface area (Å²) in [6.07, 6.45) is -11.3. The molecule has 0 spiro atoms. The number of alkyl halides is 6. The first-order valence-electron chi connectivity index (χ1n) is 5.26. The van der Waals surface area contributed by atoms with Crippen LogP contribution in [0.2, 0.25) is 0 Å². The van der Waals surface area contributed by atoms with E-state index in [1.807, 2.05) is 0 Å². The van der Waals surface area contributed by atoms with Crippen molar-refractivity contribution in [3.63, 3.8) is 0 Å². The second-order valence-corrected chi connectivity index (χ2v) is 4.94. The molecule has 1 nitrogen and oxygen atoms in total. The first-order valence-corrected chi connectivity index (χ1v) is 6.14. The summed E-state index contributed by atoms with van der Waals surface area (Å²) in [7, 11) is 0. The van der Waals surface area contributed by atoms with Gasteiger partial charge >= 0.3 is 12.4 Å². The molecule has 1 aromatic heterocycles. The van der Waals surface area contributed by atoms with Crippen LogP contribution in [0.25, 0.3) is 10.1 Å².